The molecule has 0 aromatic carbocycles. The van der Waals surface area contributed by atoms with Gasteiger partial charge < -0.3 is 10.4 Å². The molecule has 0 radical (unpaired) electrons. The highest BCUT2D eigenvalue weighted by Crippen LogP contribution is 2.01. The van der Waals surface area contributed by atoms with Crippen LogP contribution >= 0.6 is 0 Å². The van der Waals surface area contributed by atoms with Crippen molar-refractivity contribution in [2.75, 3.05) is 25.9 Å². The van der Waals surface area contributed by atoms with E-state index in [1.807, 2.05) is 13.8 Å². The zero-order valence-corrected chi connectivity index (χ0v) is 11.4. The smallest absolute Gasteiger partial charge is 0.215 e. The minimum Gasteiger partial charge on any atom is -0.393 e. The van der Waals surface area contributed by atoms with E-state index in [2.05, 4.69) is 5.32 Å². The normalized spacial score (nSPS) is 14.7. The highest BCUT2D eigenvalue weighted by atomic mass is 32.2. The first kappa shape index (κ1) is 15.8. The van der Waals surface area contributed by atoms with Gasteiger partial charge in [0.05, 0.1) is 11.9 Å². The van der Waals surface area contributed by atoms with Crippen LogP contribution in [0.5, 0.6) is 0 Å². The van der Waals surface area contributed by atoms with Gasteiger partial charge in [0.2, 0.25) is 10.0 Å². The topological polar surface area (TPSA) is 69.6 Å². The molecule has 1 unspecified atom stereocenters. The first-order valence-electron chi connectivity index (χ1n) is 5.61. The van der Waals surface area contributed by atoms with Crippen LogP contribution in [0.25, 0.3) is 0 Å². The Labute approximate surface area is 98.9 Å². The van der Waals surface area contributed by atoms with Crippen molar-refractivity contribution in [2.24, 2.45) is 0 Å². The Morgan fingerprint density at radius 1 is 1.31 bits per heavy atom. The summed E-state index contributed by atoms with van der Waals surface area (Å²) in [5.74, 6) is 0.0987. The van der Waals surface area contributed by atoms with Crippen LogP contribution < -0.4 is 5.32 Å². The van der Waals surface area contributed by atoms with E-state index in [0.717, 1.165) is 0 Å². The molecule has 0 saturated carbocycles. The summed E-state index contributed by atoms with van der Waals surface area (Å²) in [6.45, 7) is 6.43. The number of nitrogens with zero attached hydrogens (tertiary/aromatic N) is 1. The fourth-order valence-electron chi connectivity index (χ4n) is 1.14. The largest absolute Gasteiger partial charge is 0.393 e. The number of nitrogens with one attached hydrogen (secondary N) is 1. The summed E-state index contributed by atoms with van der Waals surface area (Å²) in [6, 6.07) is 0.290. The SMILES string of the molecule is CC(O)CCN(C)S(=O)(=O)CCNC(C)C. The van der Waals surface area contributed by atoms with Crippen LogP contribution in [0, 0.1) is 0 Å². The zero-order valence-electron chi connectivity index (χ0n) is 10.6. The average Bonchev–Trinajstić information content (AvgIpc) is 2.12. The maximum Gasteiger partial charge on any atom is 0.215 e. The van der Waals surface area contributed by atoms with Crippen molar-refractivity contribution in [3.05, 3.63) is 0 Å². The fourth-order valence-corrected chi connectivity index (χ4v) is 2.21. The van der Waals surface area contributed by atoms with E-state index < -0.39 is 16.1 Å². The Hall–Kier alpha value is -0.170. The Morgan fingerprint density at radius 2 is 1.88 bits per heavy atom. The van der Waals surface area contributed by atoms with Crippen molar-refractivity contribution in [1.82, 2.24) is 9.62 Å². The van der Waals surface area contributed by atoms with Crippen molar-refractivity contribution >= 4 is 10.0 Å². The molecule has 0 fully saturated rings. The molecule has 2 N–H and O–H groups in total. The molecule has 16 heavy (non-hydrogen) atoms. The summed E-state index contributed by atoms with van der Waals surface area (Å²) in [7, 11) is -1.64. The van der Waals surface area contributed by atoms with Crippen molar-refractivity contribution in [1.29, 1.82) is 0 Å². The van der Waals surface area contributed by atoms with Gasteiger partial charge in [-0.25, -0.2) is 12.7 Å². The quantitative estimate of drug-likeness (QED) is 0.639. The summed E-state index contributed by atoms with van der Waals surface area (Å²) in [5, 5.41) is 12.1. The predicted molar refractivity (Wildman–Crippen MR) is 65.9 cm³/mol. The monoisotopic (exact) mass is 252 g/mol. The molecule has 0 aromatic rings. The molecule has 0 aliphatic carbocycles. The molecule has 0 saturated heterocycles. The van der Waals surface area contributed by atoms with Crippen LogP contribution in [0.4, 0.5) is 0 Å². The third-order valence-corrected chi connectivity index (χ3v) is 4.10. The molecule has 0 amide bonds. The van der Waals surface area contributed by atoms with Crippen LogP contribution in [0.15, 0.2) is 0 Å². The standard InChI is InChI=1S/C10H24N2O3S/c1-9(2)11-6-8-16(14,15)12(4)7-5-10(3)13/h9-11,13H,5-8H2,1-4H3. The van der Waals surface area contributed by atoms with Gasteiger partial charge >= 0.3 is 0 Å². The van der Waals surface area contributed by atoms with Crippen molar-refractivity contribution in [3.63, 3.8) is 0 Å². The molecule has 1 atom stereocenters. The Morgan fingerprint density at radius 3 is 2.31 bits per heavy atom. The molecule has 0 rings (SSSR count). The first-order chi connectivity index (χ1) is 7.25. The molecular weight excluding hydrogens is 228 g/mol. The van der Waals surface area contributed by atoms with Gasteiger partial charge in [-0.15, -0.1) is 0 Å². The van der Waals surface area contributed by atoms with Crippen molar-refractivity contribution in [3.8, 4) is 0 Å². The van der Waals surface area contributed by atoms with Gasteiger partial charge in [-0.2, -0.15) is 0 Å². The van der Waals surface area contributed by atoms with E-state index in [9.17, 15) is 8.42 Å². The molecule has 0 spiro atoms. The average molecular weight is 252 g/mol. The third-order valence-electron chi connectivity index (χ3n) is 2.25. The van der Waals surface area contributed by atoms with E-state index in [0.29, 0.717) is 19.5 Å². The second kappa shape index (κ2) is 7.21. The summed E-state index contributed by atoms with van der Waals surface area (Å²) >= 11 is 0. The second-order valence-electron chi connectivity index (χ2n) is 4.38. The van der Waals surface area contributed by atoms with Gasteiger partial charge in [0.1, 0.15) is 0 Å². The number of hydrogen-bond acceptors (Lipinski definition) is 4. The Balaban J connectivity index is 4.01. The van der Waals surface area contributed by atoms with Crippen molar-refractivity contribution in [2.45, 2.75) is 39.3 Å². The lowest BCUT2D eigenvalue weighted by Gasteiger charge is -2.18. The van der Waals surface area contributed by atoms with Gasteiger partial charge in [0, 0.05) is 26.2 Å². The van der Waals surface area contributed by atoms with E-state index in [1.54, 1.807) is 14.0 Å². The molecular formula is C10H24N2O3S. The Bertz CT molecular complexity index is 276. The van der Waals surface area contributed by atoms with E-state index in [1.165, 1.54) is 4.31 Å². The van der Waals surface area contributed by atoms with Crippen LogP contribution in [-0.4, -0.2) is 55.9 Å². The Kier molecular flexibility index (Phi) is 7.14. The molecule has 0 bridgehead atoms. The molecule has 0 heterocycles. The van der Waals surface area contributed by atoms with Gasteiger partial charge in [0.25, 0.3) is 0 Å². The first-order valence-corrected chi connectivity index (χ1v) is 7.22. The number of hydrogen-bond donors (Lipinski definition) is 2. The van der Waals surface area contributed by atoms with E-state index in [-0.39, 0.29) is 11.8 Å². The van der Waals surface area contributed by atoms with Gasteiger partial charge in [0.15, 0.2) is 0 Å². The lowest BCUT2D eigenvalue weighted by Crippen LogP contribution is -2.36. The van der Waals surface area contributed by atoms with E-state index in [4.69, 9.17) is 5.11 Å². The minimum absolute atomic E-state index is 0.0987. The molecule has 0 aliphatic rings. The predicted octanol–water partition coefficient (Wildman–Crippen LogP) is 0.0169. The van der Waals surface area contributed by atoms with Crippen LogP contribution in [-0.2, 0) is 10.0 Å². The summed E-state index contributed by atoms with van der Waals surface area (Å²) in [5.41, 5.74) is 0. The maximum absolute atomic E-state index is 11.7. The number of rotatable bonds is 8. The lowest BCUT2D eigenvalue weighted by molar-refractivity contribution is 0.177. The number of aliphatic hydroxyl groups is 1. The zero-order chi connectivity index (χ0) is 12.8. The molecule has 98 valence electrons. The molecule has 0 aliphatic heterocycles. The lowest BCUT2D eigenvalue weighted by atomic mass is 10.3. The highest BCUT2D eigenvalue weighted by Gasteiger charge is 2.17. The second-order valence-corrected chi connectivity index (χ2v) is 6.58. The molecule has 0 aromatic heterocycles. The third kappa shape index (κ3) is 7.16. The molecule has 5 nitrogen and oxygen atoms in total. The van der Waals surface area contributed by atoms with E-state index >= 15 is 0 Å². The van der Waals surface area contributed by atoms with Crippen molar-refractivity contribution < 1.29 is 13.5 Å². The highest BCUT2D eigenvalue weighted by molar-refractivity contribution is 7.89. The minimum atomic E-state index is -3.19. The number of aliphatic hydroxyl groups excluding tert-OH is 1. The maximum atomic E-state index is 11.7. The summed E-state index contributed by atoms with van der Waals surface area (Å²) in [6.07, 6.45) is -0.000646. The van der Waals surface area contributed by atoms with Crippen LogP contribution in [0.2, 0.25) is 0 Å². The van der Waals surface area contributed by atoms with Crippen LogP contribution in [0.1, 0.15) is 27.2 Å². The van der Waals surface area contributed by atoms with Gasteiger partial charge in [-0.05, 0) is 13.3 Å². The fraction of sp³-hybridized carbons (Fsp3) is 1.00. The summed E-state index contributed by atoms with van der Waals surface area (Å²) in [4.78, 5) is 0. The van der Waals surface area contributed by atoms with Gasteiger partial charge in [-0.3, -0.25) is 0 Å². The molecule has 6 heteroatoms. The summed E-state index contributed by atoms with van der Waals surface area (Å²) < 4.78 is 24.8. The van der Waals surface area contributed by atoms with Crippen LogP contribution in [0.3, 0.4) is 0 Å². The number of sulfonamides is 1. The van der Waals surface area contributed by atoms with Gasteiger partial charge in [-0.1, -0.05) is 13.8 Å².